The van der Waals surface area contributed by atoms with Gasteiger partial charge >= 0.3 is 6.09 Å². The Morgan fingerprint density at radius 3 is 2.31 bits per heavy atom. The van der Waals surface area contributed by atoms with E-state index in [4.69, 9.17) is 4.74 Å². The molecule has 0 aromatic heterocycles. The molecule has 2 heterocycles. The predicted octanol–water partition coefficient (Wildman–Crippen LogP) is 5.77. The number of nitrogens with zero attached hydrogens (tertiary/aromatic N) is 4. The van der Waals surface area contributed by atoms with Gasteiger partial charge in [0.25, 0.3) is 0 Å². The maximum atomic E-state index is 13.6. The van der Waals surface area contributed by atoms with Gasteiger partial charge in [-0.05, 0) is 90.1 Å². The molecule has 2 saturated heterocycles. The number of carbonyl (C=O) groups excluding carboxylic acids is 3. The summed E-state index contributed by atoms with van der Waals surface area (Å²) in [6.07, 6.45) is 8.84. The number of benzene rings is 2. The first-order valence-electron chi connectivity index (χ1n) is 16.8. The topological polar surface area (TPSA) is 85.4 Å². The molecule has 0 spiro atoms. The lowest BCUT2D eigenvalue weighted by Gasteiger charge is -2.37. The van der Waals surface area contributed by atoms with Crippen molar-refractivity contribution in [3.63, 3.8) is 0 Å². The fraction of sp³-hybridized carbons (Fsp3) is 0.556. The molecule has 1 radical (unpaired) electrons. The minimum absolute atomic E-state index is 0.0703. The van der Waals surface area contributed by atoms with Crippen molar-refractivity contribution >= 4 is 23.6 Å². The molecule has 4 rings (SSSR count). The van der Waals surface area contributed by atoms with Crippen LogP contribution in [0.2, 0.25) is 0 Å². The first kappa shape index (κ1) is 34.4. The number of amides is 3. The maximum absolute atomic E-state index is 13.6. The Morgan fingerprint density at radius 1 is 0.911 bits per heavy atom. The Bertz CT molecular complexity index is 1210. The molecule has 245 valence electrons. The first-order chi connectivity index (χ1) is 21.8. The van der Waals surface area contributed by atoms with E-state index >= 15 is 0 Å². The van der Waals surface area contributed by atoms with E-state index in [1.807, 2.05) is 68.4 Å². The summed E-state index contributed by atoms with van der Waals surface area (Å²) in [6, 6.07) is 18.2. The number of unbranched alkanes of at least 4 members (excludes halogenated alkanes) is 2. The van der Waals surface area contributed by atoms with Crippen LogP contribution in [0, 0.1) is 12.3 Å². The molecular weight excluding hydrogens is 566 g/mol. The summed E-state index contributed by atoms with van der Waals surface area (Å²) in [7, 11) is 1.78. The van der Waals surface area contributed by atoms with Gasteiger partial charge in [0.1, 0.15) is 6.61 Å². The minimum Gasteiger partial charge on any atom is -0.446 e. The molecule has 0 aliphatic carbocycles. The monoisotopic (exact) mass is 618 g/mol. The Kier molecular flexibility index (Phi) is 13.7. The molecule has 3 amide bonds. The van der Waals surface area contributed by atoms with Crippen LogP contribution in [0.3, 0.4) is 0 Å². The fourth-order valence-corrected chi connectivity index (χ4v) is 6.08. The molecule has 0 unspecified atom stereocenters. The van der Waals surface area contributed by atoms with Gasteiger partial charge in [-0.3, -0.25) is 9.59 Å². The summed E-state index contributed by atoms with van der Waals surface area (Å²) >= 11 is 0. The highest BCUT2D eigenvalue weighted by Gasteiger charge is 2.29. The Balaban J connectivity index is 1.19. The predicted molar refractivity (Wildman–Crippen MR) is 179 cm³/mol. The van der Waals surface area contributed by atoms with Crippen LogP contribution in [-0.4, -0.2) is 91.7 Å². The number of nitrogens with one attached hydrogen (secondary N) is 1. The van der Waals surface area contributed by atoms with Gasteiger partial charge in [-0.2, -0.15) is 0 Å². The lowest BCUT2D eigenvalue weighted by Crippen LogP contribution is -2.50. The van der Waals surface area contributed by atoms with Crippen molar-refractivity contribution in [2.24, 2.45) is 5.92 Å². The summed E-state index contributed by atoms with van der Waals surface area (Å²) in [5, 5.41) is 6.78. The Hall–Kier alpha value is -3.43. The highest BCUT2D eigenvalue weighted by atomic mass is 16.6. The zero-order valence-corrected chi connectivity index (χ0v) is 27.5. The number of carbonyl (C=O) groups is 3. The molecule has 2 aromatic rings. The molecule has 0 bridgehead atoms. The van der Waals surface area contributed by atoms with Crippen molar-refractivity contribution in [2.75, 3.05) is 57.9 Å². The van der Waals surface area contributed by atoms with Gasteiger partial charge < -0.3 is 19.9 Å². The van der Waals surface area contributed by atoms with Gasteiger partial charge in [-0.15, -0.1) is 0 Å². The zero-order chi connectivity index (χ0) is 32.0. The maximum Gasteiger partial charge on any atom is 0.429 e. The zero-order valence-electron chi connectivity index (χ0n) is 27.5. The quantitative estimate of drug-likeness (QED) is 0.271. The van der Waals surface area contributed by atoms with Crippen LogP contribution in [-0.2, 0) is 14.3 Å². The van der Waals surface area contributed by atoms with Crippen molar-refractivity contribution in [1.29, 1.82) is 0 Å². The first-order valence-corrected chi connectivity index (χ1v) is 16.8. The number of anilines is 1. The van der Waals surface area contributed by atoms with Crippen LogP contribution >= 0.6 is 0 Å². The molecule has 2 aromatic carbocycles. The molecule has 2 fully saturated rings. The molecule has 0 saturated carbocycles. The van der Waals surface area contributed by atoms with E-state index in [0.29, 0.717) is 13.0 Å². The number of piperidine rings is 2. The normalized spacial score (nSPS) is 16.4. The average molecular weight is 619 g/mol. The van der Waals surface area contributed by atoms with E-state index in [0.717, 1.165) is 94.5 Å². The van der Waals surface area contributed by atoms with E-state index in [2.05, 4.69) is 21.6 Å². The molecule has 1 N–H and O–H groups in total. The average Bonchev–Trinajstić information content (AvgIpc) is 3.05. The Labute approximate surface area is 269 Å². The van der Waals surface area contributed by atoms with Crippen LogP contribution in [0.4, 0.5) is 10.5 Å². The standard InChI is InChI=1S/C36H52N5O4/c1-29(2)37-35(43)31-20-25-39(26-21-31)22-12-5-9-19-34(42)38(3)27-28-45-36(44)41(40-23-13-6-14-24-40)33-18-11-10-17-32(33)30-15-7-4-8-16-30/h4,6-8,10-11,15-18,29,31H,5,9,12-14,19-28H2,1-3H3,(H,37,43). The van der Waals surface area contributed by atoms with Crippen LogP contribution in [0.25, 0.3) is 11.1 Å². The molecule has 9 nitrogen and oxygen atoms in total. The van der Waals surface area contributed by atoms with E-state index in [-0.39, 0.29) is 30.4 Å². The SMILES string of the molecule is CC(C)NC(=O)C1CCN(CCCCCC(=O)N(C)CCOC(=O)N(c2ccccc2-c2ccccc2)N2CC[CH]CC2)CC1. The largest absolute Gasteiger partial charge is 0.446 e. The summed E-state index contributed by atoms with van der Waals surface area (Å²) in [4.78, 5) is 42.7. The summed E-state index contributed by atoms with van der Waals surface area (Å²) in [5.41, 5.74) is 2.80. The molecule has 2 aliphatic heterocycles. The number of likely N-dealkylation sites (tertiary alicyclic amines) is 1. The number of hydrogen-bond acceptors (Lipinski definition) is 6. The fourth-order valence-electron chi connectivity index (χ4n) is 6.08. The van der Waals surface area contributed by atoms with Gasteiger partial charge in [0, 0.05) is 44.1 Å². The number of ether oxygens (including phenoxy) is 1. The van der Waals surface area contributed by atoms with Crippen molar-refractivity contribution in [3.8, 4) is 11.1 Å². The van der Waals surface area contributed by atoms with Gasteiger partial charge in [-0.1, -0.05) is 55.0 Å². The molecule has 0 atom stereocenters. The third kappa shape index (κ3) is 10.6. The van der Waals surface area contributed by atoms with E-state index in [1.165, 1.54) is 0 Å². The summed E-state index contributed by atoms with van der Waals surface area (Å²) in [5.74, 6) is 0.391. The minimum atomic E-state index is -0.425. The summed E-state index contributed by atoms with van der Waals surface area (Å²) in [6.45, 7) is 8.90. The van der Waals surface area contributed by atoms with Crippen LogP contribution in [0.15, 0.2) is 54.6 Å². The van der Waals surface area contributed by atoms with Gasteiger partial charge in [-0.25, -0.2) is 14.8 Å². The van der Waals surface area contributed by atoms with Crippen molar-refractivity contribution in [3.05, 3.63) is 61.0 Å². The number of hydrogen-bond donors (Lipinski definition) is 1. The van der Waals surface area contributed by atoms with Crippen LogP contribution in [0.5, 0.6) is 0 Å². The number of likely N-dealkylation sites (N-methyl/N-ethyl adjacent to an activating group) is 1. The third-order valence-electron chi connectivity index (χ3n) is 8.69. The van der Waals surface area contributed by atoms with Gasteiger partial charge in [0.2, 0.25) is 11.8 Å². The number of rotatable bonds is 14. The smallest absolute Gasteiger partial charge is 0.429 e. The second-order valence-corrected chi connectivity index (χ2v) is 12.5. The third-order valence-corrected chi connectivity index (χ3v) is 8.69. The van der Waals surface area contributed by atoms with E-state index < -0.39 is 6.09 Å². The van der Waals surface area contributed by atoms with Crippen LogP contribution in [0.1, 0.15) is 65.2 Å². The van der Waals surface area contributed by atoms with E-state index in [1.54, 1.807) is 17.0 Å². The molecular formula is C36H52N5O4. The lowest BCUT2D eigenvalue weighted by atomic mass is 9.95. The lowest BCUT2D eigenvalue weighted by molar-refractivity contribution is -0.130. The molecule has 2 aliphatic rings. The van der Waals surface area contributed by atoms with Crippen molar-refractivity contribution in [1.82, 2.24) is 20.1 Å². The highest BCUT2D eigenvalue weighted by molar-refractivity contribution is 5.93. The highest BCUT2D eigenvalue weighted by Crippen LogP contribution is 2.33. The van der Waals surface area contributed by atoms with Crippen molar-refractivity contribution in [2.45, 2.75) is 71.3 Å². The van der Waals surface area contributed by atoms with Crippen molar-refractivity contribution < 1.29 is 19.1 Å². The number of hydrazine groups is 1. The van der Waals surface area contributed by atoms with E-state index in [9.17, 15) is 14.4 Å². The van der Waals surface area contributed by atoms with Gasteiger partial charge in [0.15, 0.2) is 0 Å². The second-order valence-electron chi connectivity index (χ2n) is 12.5. The van der Waals surface area contributed by atoms with Gasteiger partial charge in [0.05, 0.1) is 12.2 Å². The molecule has 45 heavy (non-hydrogen) atoms. The molecule has 9 heteroatoms. The van der Waals surface area contributed by atoms with Crippen LogP contribution < -0.4 is 10.3 Å². The number of para-hydroxylation sites is 1. The summed E-state index contributed by atoms with van der Waals surface area (Å²) < 4.78 is 5.79. The Morgan fingerprint density at radius 2 is 1.60 bits per heavy atom. The second kappa shape index (κ2) is 17.9.